The summed E-state index contributed by atoms with van der Waals surface area (Å²) in [7, 11) is -1.87. The van der Waals surface area contributed by atoms with E-state index in [2.05, 4.69) is 9.89 Å². The summed E-state index contributed by atoms with van der Waals surface area (Å²) in [5.41, 5.74) is 8.76. The summed E-state index contributed by atoms with van der Waals surface area (Å²) in [5, 5.41) is 0.924. The maximum Gasteiger partial charge on any atom is 0.266 e. The zero-order chi connectivity index (χ0) is 22.6. The molecule has 32 heavy (non-hydrogen) atoms. The third-order valence-electron chi connectivity index (χ3n) is 5.88. The van der Waals surface area contributed by atoms with Crippen molar-refractivity contribution in [3.05, 3.63) is 75.9 Å². The molecule has 0 spiro atoms. The third kappa shape index (κ3) is 3.52. The van der Waals surface area contributed by atoms with Crippen LogP contribution in [0.3, 0.4) is 0 Å². The fourth-order valence-electron chi connectivity index (χ4n) is 4.32. The molecule has 7 nitrogen and oxygen atoms in total. The molecule has 0 amide bonds. The lowest BCUT2D eigenvalue weighted by molar-refractivity contribution is 0.518. The van der Waals surface area contributed by atoms with Gasteiger partial charge in [0.1, 0.15) is 5.82 Å². The van der Waals surface area contributed by atoms with Gasteiger partial charge in [0.05, 0.1) is 17.5 Å². The van der Waals surface area contributed by atoms with Crippen molar-refractivity contribution >= 4 is 50.7 Å². The molecule has 0 bridgehead atoms. The predicted molar refractivity (Wildman–Crippen MR) is 127 cm³/mol. The number of aliphatic imine (C=N–C) groups is 1. The maximum atomic E-state index is 13.4. The largest absolute Gasteiger partial charge is 0.369 e. The summed E-state index contributed by atoms with van der Waals surface area (Å²) in [6, 6.07) is 13.9. The molecule has 0 radical (unpaired) electrons. The molecule has 1 aromatic heterocycles. The molecule has 0 saturated carbocycles. The molecule has 2 aromatic carbocycles. The maximum absolute atomic E-state index is 13.4. The number of halogens is 2. The second-order valence-corrected chi connectivity index (χ2v) is 10.6. The van der Waals surface area contributed by atoms with Gasteiger partial charge in [-0.3, -0.25) is 0 Å². The van der Waals surface area contributed by atoms with E-state index in [1.165, 1.54) is 0 Å². The highest BCUT2D eigenvalue weighted by atomic mass is 35.5. The van der Waals surface area contributed by atoms with E-state index in [4.69, 9.17) is 28.9 Å². The molecule has 2 N–H and O–H groups in total. The van der Waals surface area contributed by atoms with E-state index in [1.54, 1.807) is 30.3 Å². The van der Waals surface area contributed by atoms with E-state index in [-0.39, 0.29) is 17.4 Å². The van der Waals surface area contributed by atoms with Crippen molar-refractivity contribution in [3.63, 3.8) is 0 Å². The molecule has 0 saturated heterocycles. The smallest absolute Gasteiger partial charge is 0.266 e. The molecule has 0 aliphatic carbocycles. The number of anilines is 2. The number of nitrogens with zero attached hydrogens (tertiary/aromatic N) is 4. The number of aromatic nitrogens is 1. The van der Waals surface area contributed by atoms with Gasteiger partial charge < -0.3 is 15.2 Å². The van der Waals surface area contributed by atoms with Crippen LogP contribution in [0.4, 0.5) is 11.5 Å². The first kappa shape index (κ1) is 21.2. The monoisotopic (exact) mass is 489 g/mol. The molecule has 5 rings (SSSR count). The SMILES string of the molecule is Cn1cccc1N1CCc2cc(S(=O)(=O)N3CC(c4cc(Cl)cc(Cl)c4)N=C3N)ccc21. The summed E-state index contributed by atoms with van der Waals surface area (Å²) in [6.45, 7) is 0.888. The van der Waals surface area contributed by atoms with Gasteiger partial charge in [-0.15, -0.1) is 0 Å². The number of sulfonamides is 1. The standard InChI is InChI=1S/C22H21Cl2N5O2S/c1-27-7-2-3-21(27)28-8-6-14-11-18(4-5-20(14)28)32(30,31)29-13-19(26-22(29)25)15-9-16(23)12-17(24)10-15/h2-5,7,9-12,19H,6,8,13H2,1H3,(H2,25,26). The Labute approximate surface area is 196 Å². The van der Waals surface area contributed by atoms with Crippen LogP contribution in [0.15, 0.2) is 64.6 Å². The molecular weight excluding hydrogens is 469 g/mol. The molecule has 3 aromatic rings. The molecule has 3 heterocycles. The van der Waals surface area contributed by atoms with E-state index in [0.717, 1.165) is 39.9 Å². The van der Waals surface area contributed by atoms with Crippen molar-refractivity contribution in [2.24, 2.45) is 17.8 Å². The Morgan fingerprint density at radius 3 is 2.53 bits per heavy atom. The van der Waals surface area contributed by atoms with Crippen molar-refractivity contribution in [1.29, 1.82) is 0 Å². The summed E-state index contributed by atoms with van der Waals surface area (Å²) in [6.07, 6.45) is 2.75. The summed E-state index contributed by atoms with van der Waals surface area (Å²) in [4.78, 5) is 6.75. The minimum absolute atomic E-state index is 0.0444. The van der Waals surface area contributed by atoms with Gasteiger partial charge in [-0.05, 0) is 66.1 Å². The predicted octanol–water partition coefficient (Wildman–Crippen LogP) is 4.09. The highest BCUT2D eigenvalue weighted by Crippen LogP contribution is 2.37. The number of guanidine groups is 1. The van der Waals surface area contributed by atoms with Crippen LogP contribution in [0.1, 0.15) is 17.2 Å². The van der Waals surface area contributed by atoms with Crippen molar-refractivity contribution < 1.29 is 8.42 Å². The van der Waals surface area contributed by atoms with Crippen LogP contribution in [0.25, 0.3) is 0 Å². The molecule has 2 aliphatic rings. The Balaban J connectivity index is 1.43. The number of hydrogen-bond acceptors (Lipinski definition) is 5. The lowest BCUT2D eigenvalue weighted by Crippen LogP contribution is -2.39. The van der Waals surface area contributed by atoms with Crippen LogP contribution in [0.2, 0.25) is 10.0 Å². The van der Waals surface area contributed by atoms with Gasteiger partial charge in [0.25, 0.3) is 10.0 Å². The Bertz CT molecular complexity index is 1330. The minimum atomic E-state index is -3.86. The van der Waals surface area contributed by atoms with Crippen molar-refractivity contribution in [1.82, 2.24) is 8.87 Å². The molecule has 2 aliphatic heterocycles. The van der Waals surface area contributed by atoms with Crippen LogP contribution in [-0.4, -0.2) is 36.3 Å². The summed E-state index contributed by atoms with van der Waals surface area (Å²) in [5.74, 6) is 1.02. The average Bonchev–Trinajstić information content (AvgIpc) is 3.44. The Morgan fingerprint density at radius 2 is 1.84 bits per heavy atom. The Kier molecular flexibility index (Phi) is 5.11. The van der Waals surface area contributed by atoms with Crippen molar-refractivity contribution in [2.75, 3.05) is 18.0 Å². The van der Waals surface area contributed by atoms with Gasteiger partial charge in [0.2, 0.25) is 5.96 Å². The number of nitrogens with two attached hydrogens (primary N) is 1. The summed E-state index contributed by atoms with van der Waals surface area (Å²) < 4.78 is 30.0. The highest BCUT2D eigenvalue weighted by molar-refractivity contribution is 7.89. The van der Waals surface area contributed by atoms with E-state index >= 15 is 0 Å². The van der Waals surface area contributed by atoms with Crippen LogP contribution >= 0.6 is 23.2 Å². The Hall–Kier alpha value is -2.68. The molecule has 0 fully saturated rings. The normalized spacial score (nSPS) is 18.2. The molecule has 166 valence electrons. The zero-order valence-electron chi connectivity index (χ0n) is 17.2. The topological polar surface area (TPSA) is 83.9 Å². The van der Waals surface area contributed by atoms with E-state index in [0.29, 0.717) is 10.0 Å². The van der Waals surface area contributed by atoms with E-state index in [1.807, 2.05) is 36.0 Å². The fraction of sp³-hybridized carbons (Fsp3) is 0.227. The number of benzene rings is 2. The quantitative estimate of drug-likeness (QED) is 0.597. The van der Waals surface area contributed by atoms with Gasteiger partial charge in [-0.2, -0.15) is 0 Å². The van der Waals surface area contributed by atoms with Crippen LogP contribution in [0, 0.1) is 0 Å². The first-order valence-corrected chi connectivity index (χ1v) is 12.3. The fourth-order valence-corrected chi connectivity index (χ4v) is 6.28. The minimum Gasteiger partial charge on any atom is -0.369 e. The van der Waals surface area contributed by atoms with Crippen molar-refractivity contribution in [2.45, 2.75) is 17.4 Å². The first-order valence-electron chi connectivity index (χ1n) is 10.1. The number of fused-ring (bicyclic) bond motifs is 1. The van der Waals surface area contributed by atoms with Gasteiger partial charge in [0.15, 0.2) is 0 Å². The van der Waals surface area contributed by atoms with Gasteiger partial charge in [-0.25, -0.2) is 17.7 Å². The number of rotatable bonds is 4. The van der Waals surface area contributed by atoms with E-state index < -0.39 is 16.1 Å². The number of aryl methyl sites for hydroxylation is 1. The molecule has 1 unspecified atom stereocenters. The molecular formula is C22H21Cl2N5O2S. The van der Waals surface area contributed by atoms with Crippen LogP contribution < -0.4 is 10.6 Å². The average molecular weight is 490 g/mol. The van der Waals surface area contributed by atoms with Crippen LogP contribution in [0.5, 0.6) is 0 Å². The van der Waals surface area contributed by atoms with Crippen LogP contribution in [-0.2, 0) is 23.5 Å². The summed E-state index contributed by atoms with van der Waals surface area (Å²) >= 11 is 12.2. The van der Waals surface area contributed by atoms with Gasteiger partial charge >= 0.3 is 0 Å². The Morgan fingerprint density at radius 1 is 1.09 bits per heavy atom. The van der Waals surface area contributed by atoms with Gasteiger partial charge in [-0.1, -0.05) is 23.2 Å². The third-order valence-corrected chi connectivity index (χ3v) is 8.08. The lowest BCUT2D eigenvalue weighted by atomic mass is 10.1. The number of hydrogen-bond donors (Lipinski definition) is 1. The second kappa shape index (κ2) is 7.72. The molecule has 1 atom stereocenters. The van der Waals surface area contributed by atoms with Gasteiger partial charge in [0, 0.05) is 35.5 Å². The highest BCUT2D eigenvalue weighted by Gasteiger charge is 2.35. The first-order chi connectivity index (χ1) is 15.2. The van der Waals surface area contributed by atoms with Crippen molar-refractivity contribution in [3.8, 4) is 0 Å². The molecule has 10 heteroatoms. The lowest BCUT2D eigenvalue weighted by Gasteiger charge is -2.21. The second-order valence-electron chi connectivity index (χ2n) is 7.91. The van der Waals surface area contributed by atoms with E-state index in [9.17, 15) is 8.42 Å². The zero-order valence-corrected chi connectivity index (χ0v) is 19.6.